The van der Waals surface area contributed by atoms with E-state index in [0.29, 0.717) is 12.1 Å². The smallest absolute Gasteiger partial charge is 0.251 e. The second-order valence-electron chi connectivity index (χ2n) is 8.01. The average molecular weight is 431 g/mol. The molecule has 3 nitrogen and oxygen atoms in total. The van der Waals surface area contributed by atoms with Crippen LogP contribution in [0.5, 0.6) is 0 Å². The number of aryl methyl sites for hydroxylation is 2. The summed E-state index contributed by atoms with van der Waals surface area (Å²) in [4.78, 5) is 12.8. The number of nitrogens with zero attached hydrogens (tertiary/aromatic N) is 1. The number of fused-ring (bicyclic) bond motifs is 1. The van der Waals surface area contributed by atoms with Crippen molar-refractivity contribution in [1.82, 2.24) is 9.88 Å². The van der Waals surface area contributed by atoms with Gasteiger partial charge in [0.25, 0.3) is 5.91 Å². The first-order chi connectivity index (χ1) is 15.0. The minimum atomic E-state index is -0.0519. The summed E-state index contributed by atoms with van der Waals surface area (Å²) >= 11 is 6.03. The molecule has 1 heterocycles. The molecule has 3 aromatic carbocycles. The molecule has 31 heavy (non-hydrogen) atoms. The molecule has 0 spiro atoms. The van der Waals surface area contributed by atoms with Crippen LogP contribution in [-0.4, -0.2) is 10.5 Å². The van der Waals surface area contributed by atoms with Crippen molar-refractivity contribution in [2.45, 2.75) is 40.3 Å². The van der Waals surface area contributed by atoms with Gasteiger partial charge in [-0.05, 0) is 72.9 Å². The van der Waals surface area contributed by atoms with Gasteiger partial charge in [0.1, 0.15) is 0 Å². The third-order valence-corrected chi connectivity index (χ3v) is 6.29. The highest BCUT2D eigenvalue weighted by atomic mass is 35.5. The van der Waals surface area contributed by atoms with E-state index in [2.05, 4.69) is 73.1 Å². The summed E-state index contributed by atoms with van der Waals surface area (Å²) in [5.41, 5.74) is 7.83. The number of hydrogen-bond donors (Lipinski definition) is 1. The Morgan fingerprint density at radius 1 is 0.903 bits per heavy atom. The third kappa shape index (κ3) is 4.52. The summed E-state index contributed by atoms with van der Waals surface area (Å²) in [7, 11) is 0. The molecule has 4 aromatic rings. The van der Waals surface area contributed by atoms with Crippen LogP contribution in [0.15, 0.2) is 66.7 Å². The van der Waals surface area contributed by atoms with E-state index in [9.17, 15) is 4.79 Å². The number of carbonyl (C=O) groups excluding carboxylic acids is 1. The molecule has 0 radical (unpaired) electrons. The average Bonchev–Trinajstić information content (AvgIpc) is 3.03. The van der Waals surface area contributed by atoms with Gasteiger partial charge in [-0.2, -0.15) is 0 Å². The normalized spacial score (nSPS) is 11.1. The molecule has 0 fully saturated rings. The Balaban J connectivity index is 1.55. The largest absolute Gasteiger partial charge is 0.348 e. The zero-order chi connectivity index (χ0) is 22.0. The molecule has 0 bridgehead atoms. The summed E-state index contributed by atoms with van der Waals surface area (Å²) < 4.78 is 2.30. The van der Waals surface area contributed by atoms with Crippen molar-refractivity contribution >= 4 is 28.4 Å². The first-order valence-electron chi connectivity index (χ1n) is 10.7. The van der Waals surface area contributed by atoms with E-state index in [0.717, 1.165) is 34.5 Å². The Labute approximate surface area is 188 Å². The molecular weight excluding hydrogens is 404 g/mol. The second-order valence-corrected chi connectivity index (χ2v) is 8.44. The highest BCUT2D eigenvalue weighted by Crippen LogP contribution is 2.27. The lowest BCUT2D eigenvalue weighted by Crippen LogP contribution is -2.22. The topological polar surface area (TPSA) is 34.0 Å². The number of amides is 1. The molecule has 4 rings (SSSR count). The summed E-state index contributed by atoms with van der Waals surface area (Å²) in [5, 5.41) is 4.90. The lowest BCUT2D eigenvalue weighted by Gasteiger charge is -2.10. The highest BCUT2D eigenvalue weighted by molar-refractivity contribution is 6.30. The van der Waals surface area contributed by atoms with Crippen LogP contribution in [0.25, 0.3) is 10.9 Å². The van der Waals surface area contributed by atoms with Gasteiger partial charge in [-0.1, -0.05) is 54.9 Å². The van der Waals surface area contributed by atoms with Gasteiger partial charge in [-0.15, -0.1) is 0 Å². The molecule has 0 aliphatic carbocycles. The fraction of sp³-hybridized carbons (Fsp3) is 0.222. The number of carbonyl (C=O) groups is 1. The molecule has 4 heteroatoms. The van der Waals surface area contributed by atoms with Crippen LogP contribution >= 0.6 is 11.6 Å². The Morgan fingerprint density at radius 2 is 1.55 bits per heavy atom. The van der Waals surface area contributed by atoms with Gasteiger partial charge < -0.3 is 9.88 Å². The number of halogens is 1. The Bertz CT molecular complexity index is 1220. The van der Waals surface area contributed by atoms with E-state index >= 15 is 0 Å². The van der Waals surface area contributed by atoms with Crippen molar-refractivity contribution in [3.8, 4) is 0 Å². The molecule has 0 atom stereocenters. The summed E-state index contributed by atoms with van der Waals surface area (Å²) in [6.45, 7) is 7.68. The maximum atomic E-state index is 12.8. The lowest BCUT2D eigenvalue weighted by molar-refractivity contribution is 0.0951. The number of aromatic nitrogens is 1. The van der Waals surface area contributed by atoms with E-state index in [4.69, 9.17) is 11.6 Å². The Morgan fingerprint density at radius 3 is 2.23 bits per heavy atom. The van der Waals surface area contributed by atoms with Crippen LogP contribution in [-0.2, 0) is 19.5 Å². The van der Waals surface area contributed by atoms with Crippen molar-refractivity contribution in [2.24, 2.45) is 0 Å². The fourth-order valence-corrected chi connectivity index (χ4v) is 4.07. The van der Waals surface area contributed by atoms with E-state index in [1.54, 1.807) is 0 Å². The van der Waals surface area contributed by atoms with E-state index < -0.39 is 0 Å². The number of rotatable bonds is 6. The standard InChI is InChI=1S/C27H27ClN2O/c1-4-20-5-7-21(8-6-20)16-29-27(31)23-11-14-26-25(15-23)18(2)19(3)30(26)17-22-9-12-24(28)13-10-22/h5-15H,4,16-17H2,1-3H3,(H,29,31). The van der Waals surface area contributed by atoms with E-state index in [-0.39, 0.29) is 5.91 Å². The van der Waals surface area contributed by atoms with Gasteiger partial charge >= 0.3 is 0 Å². The number of nitrogens with one attached hydrogen (secondary N) is 1. The van der Waals surface area contributed by atoms with Crippen molar-refractivity contribution in [2.75, 3.05) is 0 Å². The van der Waals surface area contributed by atoms with Gasteiger partial charge in [0.05, 0.1) is 0 Å². The van der Waals surface area contributed by atoms with Gasteiger partial charge in [0, 0.05) is 40.3 Å². The summed E-state index contributed by atoms with van der Waals surface area (Å²) in [5.74, 6) is -0.0519. The van der Waals surface area contributed by atoms with Gasteiger partial charge in [0.15, 0.2) is 0 Å². The van der Waals surface area contributed by atoms with Gasteiger partial charge in [-0.3, -0.25) is 4.79 Å². The molecular formula is C27H27ClN2O. The zero-order valence-corrected chi connectivity index (χ0v) is 19.0. The lowest BCUT2D eigenvalue weighted by atomic mass is 10.1. The molecule has 1 aromatic heterocycles. The molecule has 0 saturated carbocycles. The quantitative estimate of drug-likeness (QED) is 0.374. The molecule has 0 unspecified atom stereocenters. The number of benzene rings is 3. The predicted molar refractivity (Wildman–Crippen MR) is 129 cm³/mol. The van der Waals surface area contributed by atoms with Crippen LogP contribution in [0, 0.1) is 13.8 Å². The zero-order valence-electron chi connectivity index (χ0n) is 18.2. The second kappa shape index (κ2) is 8.99. The van der Waals surface area contributed by atoms with Crippen LogP contribution in [0.1, 0.15) is 45.2 Å². The van der Waals surface area contributed by atoms with Crippen LogP contribution in [0.3, 0.4) is 0 Å². The molecule has 0 aliphatic rings. The molecule has 1 N–H and O–H groups in total. The van der Waals surface area contributed by atoms with Crippen LogP contribution < -0.4 is 5.32 Å². The minimum Gasteiger partial charge on any atom is -0.348 e. The Hall–Kier alpha value is -3.04. The van der Waals surface area contributed by atoms with Crippen molar-refractivity contribution in [3.05, 3.63) is 105 Å². The fourth-order valence-electron chi connectivity index (χ4n) is 3.94. The van der Waals surface area contributed by atoms with Crippen LogP contribution in [0.4, 0.5) is 0 Å². The first-order valence-corrected chi connectivity index (χ1v) is 11.0. The van der Waals surface area contributed by atoms with Gasteiger partial charge in [0.2, 0.25) is 0 Å². The van der Waals surface area contributed by atoms with Crippen molar-refractivity contribution < 1.29 is 4.79 Å². The van der Waals surface area contributed by atoms with Crippen molar-refractivity contribution in [1.29, 1.82) is 0 Å². The molecule has 0 saturated heterocycles. The summed E-state index contributed by atoms with van der Waals surface area (Å²) in [6.07, 6.45) is 1.02. The SMILES string of the molecule is CCc1ccc(CNC(=O)c2ccc3c(c2)c(C)c(C)n3Cc2ccc(Cl)cc2)cc1. The first kappa shape index (κ1) is 21.2. The Kier molecular flexibility index (Phi) is 6.15. The number of hydrogen-bond acceptors (Lipinski definition) is 1. The maximum Gasteiger partial charge on any atom is 0.251 e. The van der Waals surface area contributed by atoms with Crippen LogP contribution in [0.2, 0.25) is 5.02 Å². The van der Waals surface area contributed by atoms with Gasteiger partial charge in [-0.25, -0.2) is 0 Å². The molecule has 0 aliphatic heterocycles. The van der Waals surface area contributed by atoms with E-state index in [1.165, 1.54) is 22.4 Å². The van der Waals surface area contributed by atoms with Crippen molar-refractivity contribution in [3.63, 3.8) is 0 Å². The molecule has 158 valence electrons. The maximum absolute atomic E-state index is 12.8. The highest BCUT2D eigenvalue weighted by Gasteiger charge is 2.14. The monoisotopic (exact) mass is 430 g/mol. The predicted octanol–water partition coefficient (Wildman–Crippen LogP) is 6.45. The molecule has 1 amide bonds. The minimum absolute atomic E-state index is 0.0519. The van der Waals surface area contributed by atoms with E-state index in [1.807, 2.05) is 24.3 Å². The third-order valence-electron chi connectivity index (χ3n) is 6.04. The summed E-state index contributed by atoms with van der Waals surface area (Å²) in [6, 6.07) is 22.3.